The summed E-state index contributed by atoms with van der Waals surface area (Å²) in [4.78, 5) is 10.7. The van der Waals surface area contributed by atoms with E-state index in [0.717, 1.165) is 6.29 Å². The van der Waals surface area contributed by atoms with Gasteiger partial charge in [0.25, 0.3) is 0 Å². The van der Waals surface area contributed by atoms with E-state index in [2.05, 4.69) is 15.9 Å². The molecule has 1 rings (SSSR count). The maximum Gasteiger partial charge on any atom is 0.151 e. The van der Waals surface area contributed by atoms with Crippen LogP contribution in [0.2, 0.25) is 0 Å². The number of hydrogen-bond acceptors (Lipinski definition) is 3. The molecule has 0 aliphatic heterocycles. The molecule has 0 radical (unpaired) electrons. The van der Waals surface area contributed by atoms with Gasteiger partial charge in [-0.1, -0.05) is 33.1 Å². The minimum atomic E-state index is -2.12. The van der Waals surface area contributed by atoms with Crippen LogP contribution in [0.3, 0.4) is 0 Å². The smallest absolute Gasteiger partial charge is 0.151 e. The van der Waals surface area contributed by atoms with Crippen LogP contribution in [-0.4, -0.2) is 15.0 Å². The summed E-state index contributed by atoms with van der Waals surface area (Å²) in [6.45, 7) is 1.73. The van der Waals surface area contributed by atoms with Gasteiger partial charge in [0.05, 0.1) is 0 Å². The minimum absolute atomic E-state index is 0.0556. The van der Waals surface area contributed by atoms with E-state index in [1.54, 1.807) is 19.1 Å². The van der Waals surface area contributed by atoms with Crippen LogP contribution in [0, 0.1) is 6.92 Å². The third-order valence-corrected chi connectivity index (χ3v) is 3.20. The largest absolute Gasteiger partial charge is 0.772 e. The Balaban J connectivity index is 3.20. The van der Waals surface area contributed by atoms with Crippen molar-refractivity contribution < 1.29 is 13.6 Å². The predicted octanol–water partition coefficient (Wildman–Crippen LogP) is 1.95. The van der Waals surface area contributed by atoms with Crippen molar-refractivity contribution in [2.75, 3.05) is 0 Å². The molecule has 0 bridgehead atoms. The summed E-state index contributed by atoms with van der Waals surface area (Å²) in [7, 11) is 0. The highest BCUT2D eigenvalue weighted by molar-refractivity contribution is 9.10. The van der Waals surface area contributed by atoms with Gasteiger partial charge in [0.1, 0.15) is 0 Å². The van der Waals surface area contributed by atoms with Gasteiger partial charge in [0.2, 0.25) is 0 Å². The number of rotatable bonds is 3. The van der Waals surface area contributed by atoms with Crippen molar-refractivity contribution in [3.63, 3.8) is 0 Å². The van der Waals surface area contributed by atoms with Crippen LogP contribution in [0.4, 0.5) is 0 Å². The fourth-order valence-corrected chi connectivity index (χ4v) is 2.26. The summed E-state index contributed by atoms with van der Waals surface area (Å²) in [6, 6.07) is 3.38. The Morgan fingerprint density at radius 2 is 2.21 bits per heavy atom. The van der Waals surface area contributed by atoms with Gasteiger partial charge in [-0.2, -0.15) is 0 Å². The molecule has 0 saturated carbocycles. The first-order valence-electron chi connectivity index (χ1n) is 3.85. The monoisotopic (exact) mass is 275 g/mol. The van der Waals surface area contributed by atoms with Gasteiger partial charge < -0.3 is 4.55 Å². The topological polar surface area (TPSA) is 57.2 Å². The lowest BCUT2D eigenvalue weighted by molar-refractivity contribution is 0.112. The maximum absolute atomic E-state index is 10.7. The average molecular weight is 276 g/mol. The number of benzene rings is 1. The fourth-order valence-electron chi connectivity index (χ4n) is 1.17. The molecule has 1 unspecified atom stereocenters. The molecule has 0 heterocycles. The summed E-state index contributed by atoms with van der Waals surface area (Å²) < 4.78 is 21.7. The lowest BCUT2D eigenvalue weighted by Gasteiger charge is -2.10. The lowest BCUT2D eigenvalue weighted by atomic mass is 10.0. The molecule has 0 saturated heterocycles. The van der Waals surface area contributed by atoms with Gasteiger partial charge in [-0.25, -0.2) is 0 Å². The van der Waals surface area contributed by atoms with Crippen molar-refractivity contribution >= 4 is 33.3 Å². The third-order valence-electron chi connectivity index (χ3n) is 1.97. The minimum Gasteiger partial charge on any atom is -0.772 e. The van der Waals surface area contributed by atoms with Crippen molar-refractivity contribution in [3.8, 4) is 0 Å². The number of halogens is 1. The summed E-state index contributed by atoms with van der Waals surface area (Å²) in [5, 5.41) is 0. The Bertz CT molecular complexity index is 390. The van der Waals surface area contributed by atoms with Crippen LogP contribution in [0.15, 0.2) is 16.6 Å². The number of aldehydes is 1. The molecule has 14 heavy (non-hydrogen) atoms. The van der Waals surface area contributed by atoms with Crippen LogP contribution in [-0.2, 0) is 16.8 Å². The molecule has 1 aromatic carbocycles. The van der Waals surface area contributed by atoms with Crippen LogP contribution in [0.1, 0.15) is 21.5 Å². The van der Waals surface area contributed by atoms with E-state index in [9.17, 15) is 13.6 Å². The Kier molecular flexibility index (Phi) is 3.97. The van der Waals surface area contributed by atoms with Gasteiger partial charge in [0.15, 0.2) is 6.29 Å². The molecule has 76 valence electrons. The zero-order valence-electron chi connectivity index (χ0n) is 7.45. The van der Waals surface area contributed by atoms with Crippen LogP contribution in [0.25, 0.3) is 0 Å². The molecule has 1 aromatic rings. The fraction of sp³-hybridized carbons (Fsp3) is 0.222. The Morgan fingerprint density at radius 3 is 2.71 bits per heavy atom. The second-order valence-electron chi connectivity index (χ2n) is 2.81. The molecule has 0 aliphatic rings. The first kappa shape index (κ1) is 11.6. The number of hydrogen-bond donors (Lipinski definition) is 0. The molecule has 5 heteroatoms. The second kappa shape index (κ2) is 4.82. The number of carbonyl (C=O) groups excluding carboxylic acids is 1. The Morgan fingerprint density at radius 1 is 1.57 bits per heavy atom. The highest BCUT2D eigenvalue weighted by Crippen LogP contribution is 2.22. The summed E-state index contributed by atoms with van der Waals surface area (Å²) in [6.07, 6.45) is 0.719. The molecule has 0 aromatic heterocycles. The van der Waals surface area contributed by atoms with Gasteiger partial charge in [0, 0.05) is 15.8 Å². The van der Waals surface area contributed by atoms with Crippen LogP contribution in [0.5, 0.6) is 0 Å². The predicted molar refractivity (Wildman–Crippen MR) is 56.9 cm³/mol. The van der Waals surface area contributed by atoms with E-state index < -0.39 is 11.1 Å². The number of carbonyl (C=O) groups is 1. The van der Waals surface area contributed by atoms with Crippen molar-refractivity contribution in [1.29, 1.82) is 0 Å². The quantitative estimate of drug-likeness (QED) is 0.626. The van der Waals surface area contributed by atoms with Gasteiger partial charge in [-0.15, -0.1) is 0 Å². The summed E-state index contributed by atoms with van der Waals surface area (Å²) in [5.74, 6) is -0.0556. The summed E-state index contributed by atoms with van der Waals surface area (Å²) >= 11 is 1.10. The third kappa shape index (κ3) is 2.50. The van der Waals surface area contributed by atoms with Crippen LogP contribution < -0.4 is 0 Å². The molecule has 0 fully saturated rings. The molecule has 0 N–H and O–H groups in total. The van der Waals surface area contributed by atoms with E-state index >= 15 is 0 Å². The van der Waals surface area contributed by atoms with E-state index in [4.69, 9.17) is 0 Å². The highest BCUT2D eigenvalue weighted by Gasteiger charge is 2.07. The van der Waals surface area contributed by atoms with E-state index in [0.29, 0.717) is 21.2 Å². The van der Waals surface area contributed by atoms with Crippen molar-refractivity contribution in [2.45, 2.75) is 12.7 Å². The average Bonchev–Trinajstić information content (AvgIpc) is 2.10. The molecule has 0 aliphatic carbocycles. The van der Waals surface area contributed by atoms with Gasteiger partial charge in [-0.3, -0.25) is 9.00 Å². The normalized spacial score (nSPS) is 12.5. The molecule has 0 spiro atoms. The first-order chi connectivity index (χ1) is 6.56. The highest BCUT2D eigenvalue weighted by atomic mass is 79.9. The van der Waals surface area contributed by atoms with Crippen molar-refractivity contribution in [1.82, 2.24) is 0 Å². The molecular formula is C9H8BrO3S-. The SMILES string of the molecule is Cc1c(CS(=O)[O-])ccc(Br)c1C=O. The van der Waals surface area contributed by atoms with Gasteiger partial charge in [-0.05, 0) is 24.1 Å². The van der Waals surface area contributed by atoms with Gasteiger partial charge >= 0.3 is 0 Å². The van der Waals surface area contributed by atoms with E-state index in [1.165, 1.54) is 0 Å². The van der Waals surface area contributed by atoms with Crippen molar-refractivity contribution in [2.24, 2.45) is 0 Å². The Hall–Kier alpha value is -0.520. The zero-order valence-corrected chi connectivity index (χ0v) is 9.85. The lowest BCUT2D eigenvalue weighted by Crippen LogP contribution is -1.99. The Labute approximate surface area is 92.9 Å². The van der Waals surface area contributed by atoms with Crippen molar-refractivity contribution in [3.05, 3.63) is 33.3 Å². The molecular weight excluding hydrogens is 268 g/mol. The molecule has 3 nitrogen and oxygen atoms in total. The van der Waals surface area contributed by atoms with E-state index in [1.807, 2.05) is 0 Å². The molecule has 1 atom stereocenters. The standard InChI is InChI=1S/C9H9BrO3S/c1-6-7(5-14(12)13)2-3-9(10)8(6)4-11/h2-4H,5H2,1H3,(H,12,13)/p-1. The summed E-state index contributed by atoms with van der Waals surface area (Å²) in [5.41, 5.74) is 1.87. The molecule has 0 amide bonds. The first-order valence-corrected chi connectivity index (χ1v) is 5.89. The zero-order chi connectivity index (χ0) is 10.7. The second-order valence-corrected chi connectivity index (χ2v) is 4.56. The maximum atomic E-state index is 10.7. The van der Waals surface area contributed by atoms with E-state index in [-0.39, 0.29) is 5.75 Å². The van der Waals surface area contributed by atoms with Crippen LogP contribution >= 0.6 is 15.9 Å².